The molecule has 2 aromatic heterocycles. The second kappa shape index (κ2) is 8.40. The highest BCUT2D eigenvalue weighted by Gasteiger charge is 2.39. The van der Waals surface area contributed by atoms with E-state index in [1.54, 1.807) is 23.2 Å². The van der Waals surface area contributed by atoms with Crippen molar-refractivity contribution < 1.29 is 19.2 Å². The van der Waals surface area contributed by atoms with E-state index in [1.165, 1.54) is 9.58 Å². The lowest BCUT2D eigenvalue weighted by Crippen LogP contribution is -2.52. The zero-order valence-electron chi connectivity index (χ0n) is 19.6. The molecular formula is C24H24N8O4. The zero-order chi connectivity index (χ0) is 25.0. The van der Waals surface area contributed by atoms with Crippen LogP contribution in [0.2, 0.25) is 0 Å². The van der Waals surface area contributed by atoms with Crippen LogP contribution in [0.4, 0.5) is 0 Å². The SMILES string of the molecule is Cc1cnn(C2CCN(C(=O)c3cn(-c4ccc5c(c4)CN(C4CCC(=O)NC4=O)C5=O)nn3)C2)c1. The Balaban J connectivity index is 1.16. The lowest BCUT2D eigenvalue weighted by atomic mass is 10.0. The van der Waals surface area contributed by atoms with Crippen molar-refractivity contribution in [3.05, 3.63) is 59.2 Å². The van der Waals surface area contributed by atoms with Gasteiger partial charge in [0.15, 0.2) is 5.69 Å². The van der Waals surface area contributed by atoms with Crippen LogP contribution >= 0.6 is 0 Å². The summed E-state index contributed by atoms with van der Waals surface area (Å²) < 4.78 is 3.42. The molecule has 12 heteroatoms. The molecule has 0 spiro atoms. The van der Waals surface area contributed by atoms with Crippen molar-refractivity contribution in [1.29, 1.82) is 0 Å². The summed E-state index contributed by atoms with van der Waals surface area (Å²) in [7, 11) is 0. The minimum Gasteiger partial charge on any atom is -0.335 e. The molecule has 0 aliphatic carbocycles. The highest BCUT2D eigenvalue weighted by molar-refractivity contribution is 6.05. The number of carbonyl (C=O) groups excluding carboxylic acids is 4. The molecule has 12 nitrogen and oxygen atoms in total. The Hall–Kier alpha value is -4.35. The molecule has 1 N–H and O–H groups in total. The average molecular weight is 489 g/mol. The van der Waals surface area contributed by atoms with Crippen molar-refractivity contribution in [2.24, 2.45) is 0 Å². The van der Waals surface area contributed by atoms with Gasteiger partial charge < -0.3 is 9.80 Å². The van der Waals surface area contributed by atoms with Gasteiger partial charge in [0.05, 0.1) is 24.1 Å². The predicted octanol–water partition coefficient (Wildman–Crippen LogP) is 0.620. The van der Waals surface area contributed by atoms with Crippen LogP contribution in [-0.4, -0.2) is 77.3 Å². The first-order chi connectivity index (χ1) is 17.4. The molecule has 2 unspecified atom stereocenters. The van der Waals surface area contributed by atoms with E-state index in [2.05, 4.69) is 20.7 Å². The number of aromatic nitrogens is 5. The number of piperidine rings is 1. The van der Waals surface area contributed by atoms with Gasteiger partial charge in [-0.15, -0.1) is 5.10 Å². The smallest absolute Gasteiger partial charge is 0.276 e. The largest absolute Gasteiger partial charge is 0.335 e. The molecule has 36 heavy (non-hydrogen) atoms. The molecule has 2 saturated heterocycles. The first-order valence-electron chi connectivity index (χ1n) is 11.9. The zero-order valence-corrected chi connectivity index (χ0v) is 19.6. The summed E-state index contributed by atoms with van der Waals surface area (Å²) in [6.45, 7) is 3.42. The van der Waals surface area contributed by atoms with Gasteiger partial charge in [0, 0.05) is 37.8 Å². The van der Waals surface area contributed by atoms with E-state index in [9.17, 15) is 19.2 Å². The van der Waals surface area contributed by atoms with Crippen molar-refractivity contribution in [3.8, 4) is 5.69 Å². The standard InChI is InChI=1S/C24H24N8O4/c1-14-9-25-31(10-14)17-6-7-29(12-17)24(36)19-13-32(28-27-19)16-2-3-18-15(8-16)11-30(23(18)35)20-4-5-21(33)26-22(20)34/h2-3,8-10,13,17,20H,4-7,11-12H2,1H3,(H,26,33,34). The fourth-order valence-electron chi connectivity index (χ4n) is 5.13. The first-order valence-corrected chi connectivity index (χ1v) is 11.9. The summed E-state index contributed by atoms with van der Waals surface area (Å²) in [6, 6.07) is 4.71. The van der Waals surface area contributed by atoms with E-state index in [0.717, 1.165) is 17.5 Å². The fraction of sp³-hybridized carbons (Fsp3) is 0.375. The molecule has 0 radical (unpaired) electrons. The lowest BCUT2D eigenvalue weighted by molar-refractivity contribution is -0.136. The maximum Gasteiger partial charge on any atom is 0.276 e. The van der Waals surface area contributed by atoms with Crippen LogP contribution in [0.15, 0.2) is 36.8 Å². The molecule has 0 saturated carbocycles. The summed E-state index contributed by atoms with van der Waals surface area (Å²) in [5.74, 6) is -1.19. The molecule has 6 rings (SSSR count). The molecule has 3 aromatic rings. The molecule has 2 fully saturated rings. The van der Waals surface area contributed by atoms with Crippen molar-refractivity contribution in [3.63, 3.8) is 0 Å². The Bertz CT molecular complexity index is 1410. The van der Waals surface area contributed by atoms with E-state index >= 15 is 0 Å². The number of carbonyl (C=O) groups is 4. The van der Waals surface area contributed by atoms with Gasteiger partial charge in [-0.25, -0.2) is 4.68 Å². The highest BCUT2D eigenvalue weighted by atomic mass is 16.2. The Labute approximate surface area is 205 Å². The maximum absolute atomic E-state index is 13.0. The van der Waals surface area contributed by atoms with Crippen LogP contribution in [-0.2, 0) is 16.1 Å². The van der Waals surface area contributed by atoms with Gasteiger partial charge >= 0.3 is 0 Å². The molecule has 3 aliphatic rings. The first kappa shape index (κ1) is 22.1. The number of aryl methyl sites for hydroxylation is 1. The number of amides is 4. The van der Waals surface area contributed by atoms with Crippen LogP contribution in [0.3, 0.4) is 0 Å². The molecule has 5 heterocycles. The Morgan fingerprint density at radius 3 is 2.78 bits per heavy atom. The second-order valence-corrected chi connectivity index (χ2v) is 9.48. The summed E-state index contributed by atoms with van der Waals surface area (Å²) in [5, 5.41) is 14.9. The molecule has 3 aliphatic heterocycles. The third-order valence-electron chi connectivity index (χ3n) is 7.04. The van der Waals surface area contributed by atoms with Crippen LogP contribution < -0.4 is 5.32 Å². The van der Waals surface area contributed by atoms with Gasteiger partial charge in [0.1, 0.15) is 6.04 Å². The van der Waals surface area contributed by atoms with Gasteiger partial charge in [0.2, 0.25) is 11.8 Å². The number of fused-ring (bicyclic) bond motifs is 1. The lowest BCUT2D eigenvalue weighted by Gasteiger charge is -2.29. The minimum atomic E-state index is -0.670. The fourth-order valence-corrected chi connectivity index (χ4v) is 5.13. The Kier molecular flexibility index (Phi) is 5.16. The summed E-state index contributed by atoms with van der Waals surface area (Å²) in [4.78, 5) is 52.9. The van der Waals surface area contributed by atoms with Crippen LogP contribution in [0, 0.1) is 6.92 Å². The van der Waals surface area contributed by atoms with Crippen molar-refractivity contribution in [2.45, 2.75) is 44.8 Å². The third kappa shape index (κ3) is 3.74. The number of imide groups is 1. The number of hydrogen-bond donors (Lipinski definition) is 1. The monoisotopic (exact) mass is 488 g/mol. The van der Waals surface area contributed by atoms with Crippen LogP contribution in [0.1, 0.15) is 57.3 Å². The maximum atomic E-state index is 13.0. The highest BCUT2D eigenvalue weighted by Crippen LogP contribution is 2.29. The van der Waals surface area contributed by atoms with Gasteiger partial charge in [-0.1, -0.05) is 5.21 Å². The number of hydrogen-bond acceptors (Lipinski definition) is 7. The van der Waals surface area contributed by atoms with Gasteiger partial charge in [0.25, 0.3) is 11.8 Å². The van der Waals surface area contributed by atoms with Gasteiger partial charge in [-0.3, -0.25) is 29.2 Å². The molecule has 184 valence electrons. The van der Waals surface area contributed by atoms with Crippen LogP contribution in [0.25, 0.3) is 5.69 Å². The summed E-state index contributed by atoms with van der Waals surface area (Å²) >= 11 is 0. The molecule has 4 amide bonds. The van der Waals surface area contributed by atoms with Gasteiger partial charge in [-0.05, 0) is 49.1 Å². The Morgan fingerprint density at radius 2 is 2.00 bits per heavy atom. The Morgan fingerprint density at radius 1 is 1.14 bits per heavy atom. The number of benzene rings is 1. The van der Waals surface area contributed by atoms with Crippen molar-refractivity contribution in [1.82, 2.24) is 39.9 Å². The second-order valence-electron chi connectivity index (χ2n) is 9.48. The van der Waals surface area contributed by atoms with E-state index in [-0.39, 0.29) is 42.4 Å². The molecule has 1 aromatic carbocycles. The summed E-state index contributed by atoms with van der Waals surface area (Å²) in [6.07, 6.45) is 6.72. The third-order valence-corrected chi connectivity index (χ3v) is 7.04. The van der Waals surface area contributed by atoms with E-state index in [0.29, 0.717) is 30.8 Å². The van der Waals surface area contributed by atoms with Crippen molar-refractivity contribution in [2.75, 3.05) is 13.1 Å². The van der Waals surface area contributed by atoms with Crippen molar-refractivity contribution >= 4 is 23.6 Å². The number of nitrogens with one attached hydrogen (secondary N) is 1. The number of likely N-dealkylation sites (tertiary alicyclic amines) is 1. The summed E-state index contributed by atoms with van der Waals surface area (Å²) in [5.41, 5.74) is 3.25. The number of rotatable bonds is 4. The molecule has 2 atom stereocenters. The quantitative estimate of drug-likeness (QED) is 0.532. The topological polar surface area (TPSA) is 135 Å². The predicted molar refractivity (Wildman–Crippen MR) is 124 cm³/mol. The molecular weight excluding hydrogens is 464 g/mol. The molecule has 0 bridgehead atoms. The average Bonchev–Trinajstić information content (AvgIpc) is 3.65. The van der Waals surface area contributed by atoms with E-state index in [1.807, 2.05) is 30.1 Å². The normalized spacial score (nSPS) is 21.8. The van der Waals surface area contributed by atoms with E-state index in [4.69, 9.17) is 0 Å². The van der Waals surface area contributed by atoms with Crippen LogP contribution in [0.5, 0.6) is 0 Å². The van der Waals surface area contributed by atoms with Gasteiger partial charge in [-0.2, -0.15) is 5.10 Å². The minimum absolute atomic E-state index is 0.138. The number of nitrogens with zero attached hydrogens (tertiary/aromatic N) is 7. The van der Waals surface area contributed by atoms with E-state index < -0.39 is 11.9 Å².